The van der Waals surface area contributed by atoms with Gasteiger partial charge in [0.25, 0.3) is 0 Å². The highest BCUT2D eigenvalue weighted by atomic mass is 14.6. The molecule has 18 heavy (non-hydrogen) atoms. The monoisotopic (exact) mass is 237 g/mol. The van der Waals surface area contributed by atoms with Crippen LogP contribution in [0, 0.1) is 13.8 Å². The molecule has 0 amide bonds. The van der Waals surface area contributed by atoms with E-state index >= 15 is 0 Å². The van der Waals surface area contributed by atoms with Crippen molar-refractivity contribution in [1.82, 2.24) is 0 Å². The third-order valence-corrected chi connectivity index (χ3v) is 3.82. The molecule has 1 aliphatic carbocycles. The van der Waals surface area contributed by atoms with E-state index < -0.39 is 0 Å². The van der Waals surface area contributed by atoms with Crippen molar-refractivity contribution in [3.05, 3.63) is 58.7 Å². The van der Waals surface area contributed by atoms with Crippen molar-refractivity contribution in [2.24, 2.45) is 5.73 Å². The highest BCUT2D eigenvalue weighted by Crippen LogP contribution is 2.33. The van der Waals surface area contributed by atoms with Gasteiger partial charge in [-0.15, -0.1) is 0 Å². The molecule has 92 valence electrons. The van der Waals surface area contributed by atoms with Crippen LogP contribution in [-0.2, 0) is 6.42 Å². The molecule has 0 spiro atoms. The van der Waals surface area contributed by atoms with Gasteiger partial charge in [-0.3, -0.25) is 0 Å². The quantitative estimate of drug-likeness (QED) is 0.799. The molecular weight excluding hydrogens is 218 g/mol. The molecule has 0 heterocycles. The minimum atomic E-state index is 0.244. The summed E-state index contributed by atoms with van der Waals surface area (Å²) < 4.78 is 0. The van der Waals surface area contributed by atoms with Crippen molar-refractivity contribution in [2.45, 2.75) is 32.7 Å². The standard InChI is InChI=1S/C17H19N/c1-11-7-12(2)9-15(8-11)13-3-5-16-14(10-13)4-6-17(16)18/h3,5,7-10,17H,4,6,18H2,1-2H3. The minimum Gasteiger partial charge on any atom is -0.324 e. The zero-order valence-electron chi connectivity index (χ0n) is 11.0. The van der Waals surface area contributed by atoms with Gasteiger partial charge in [0.05, 0.1) is 0 Å². The molecule has 2 aromatic carbocycles. The maximum absolute atomic E-state index is 6.08. The van der Waals surface area contributed by atoms with E-state index in [0.29, 0.717) is 0 Å². The third-order valence-electron chi connectivity index (χ3n) is 3.82. The Balaban J connectivity index is 2.07. The van der Waals surface area contributed by atoms with E-state index in [1.54, 1.807) is 0 Å². The smallest absolute Gasteiger partial charge is 0.0300 e. The van der Waals surface area contributed by atoms with Crippen molar-refractivity contribution in [3.63, 3.8) is 0 Å². The third kappa shape index (κ3) is 1.95. The van der Waals surface area contributed by atoms with E-state index in [1.807, 2.05) is 0 Å². The van der Waals surface area contributed by atoms with Gasteiger partial charge in [0, 0.05) is 6.04 Å². The molecule has 0 saturated heterocycles. The SMILES string of the molecule is Cc1cc(C)cc(-c2ccc3c(c2)CCC3N)c1. The van der Waals surface area contributed by atoms with Gasteiger partial charge in [-0.25, -0.2) is 0 Å². The first-order chi connectivity index (χ1) is 8.63. The van der Waals surface area contributed by atoms with Crippen molar-refractivity contribution in [1.29, 1.82) is 0 Å². The normalized spacial score (nSPS) is 17.8. The number of fused-ring (bicyclic) bond motifs is 1. The van der Waals surface area contributed by atoms with E-state index in [-0.39, 0.29) is 6.04 Å². The first-order valence-corrected chi connectivity index (χ1v) is 6.60. The second-order valence-electron chi connectivity index (χ2n) is 5.44. The van der Waals surface area contributed by atoms with Gasteiger partial charge in [0.2, 0.25) is 0 Å². The van der Waals surface area contributed by atoms with Crippen LogP contribution < -0.4 is 5.73 Å². The molecule has 1 heteroatoms. The van der Waals surface area contributed by atoms with Gasteiger partial charge < -0.3 is 5.73 Å². The predicted octanol–water partition coefficient (Wildman–Crippen LogP) is 3.92. The lowest BCUT2D eigenvalue weighted by atomic mass is 9.97. The molecule has 2 aromatic rings. The summed E-state index contributed by atoms with van der Waals surface area (Å²) in [7, 11) is 0. The molecule has 0 aromatic heterocycles. The van der Waals surface area contributed by atoms with Gasteiger partial charge in [0.1, 0.15) is 0 Å². The molecule has 0 aliphatic heterocycles. The Kier molecular flexibility index (Phi) is 2.71. The molecule has 1 unspecified atom stereocenters. The van der Waals surface area contributed by atoms with Crippen LogP contribution in [0.1, 0.15) is 34.7 Å². The zero-order chi connectivity index (χ0) is 12.7. The summed E-state index contributed by atoms with van der Waals surface area (Å²) in [4.78, 5) is 0. The first-order valence-electron chi connectivity index (χ1n) is 6.60. The summed E-state index contributed by atoms with van der Waals surface area (Å²) in [5, 5.41) is 0. The van der Waals surface area contributed by atoms with E-state index in [4.69, 9.17) is 5.73 Å². The van der Waals surface area contributed by atoms with Gasteiger partial charge in [-0.05, 0) is 48.9 Å². The Morgan fingerprint density at radius 1 is 0.944 bits per heavy atom. The van der Waals surface area contributed by atoms with Crippen LogP contribution in [0.5, 0.6) is 0 Å². The van der Waals surface area contributed by atoms with Crippen LogP contribution in [-0.4, -0.2) is 0 Å². The number of aryl methyl sites for hydroxylation is 3. The van der Waals surface area contributed by atoms with Crippen molar-refractivity contribution in [3.8, 4) is 11.1 Å². The molecule has 0 saturated carbocycles. The van der Waals surface area contributed by atoms with Crippen LogP contribution in [0.15, 0.2) is 36.4 Å². The lowest BCUT2D eigenvalue weighted by molar-refractivity contribution is 0.713. The number of nitrogens with two attached hydrogens (primary N) is 1. The maximum Gasteiger partial charge on any atom is 0.0300 e. The fourth-order valence-electron chi connectivity index (χ4n) is 2.97. The van der Waals surface area contributed by atoms with Gasteiger partial charge >= 0.3 is 0 Å². The Bertz CT molecular complexity index is 578. The van der Waals surface area contributed by atoms with Gasteiger partial charge in [0.15, 0.2) is 0 Å². The topological polar surface area (TPSA) is 26.0 Å². The molecule has 3 rings (SSSR count). The number of hydrogen-bond acceptors (Lipinski definition) is 1. The summed E-state index contributed by atoms with van der Waals surface area (Å²) in [5.41, 5.74) is 14.1. The Morgan fingerprint density at radius 2 is 1.67 bits per heavy atom. The Hall–Kier alpha value is -1.60. The average Bonchev–Trinajstić information content (AvgIpc) is 2.69. The Morgan fingerprint density at radius 3 is 2.39 bits per heavy atom. The van der Waals surface area contributed by atoms with Gasteiger partial charge in [-0.2, -0.15) is 0 Å². The van der Waals surface area contributed by atoms with E-state index in [2.05, 4.69) is 50.2 Å². The lowest BCUT2D eigenvalue weighted by Gasteiger charge is -2.09. The average molecular weight is 237 g/mol. The highest BCUT2D eigenvalue weighted by molar-refractivity contribution is 5.67. The van der Waals surface area contributed by atoms with Crippen molar-refractivity contribution >= 4 is 0 Å². The summed E-state index contributed by atoms with van der Waals surface area (Å²) in [6.45, 7) is 4.31. The molecular formula is C17H19N. The van der Waals surface area contributed by atoms with Crippen LogP contribution in [0.25, 0.3) is 11.1 Å². The molecule has 0 radical (unpaired) electrons. The second-order valence-corrected chi connectivity index (χ2v) is 5.44. The van der Waals surface area contributed by atoms with E-state index in [1.165, 1.54) is 33.4 Å². The van der Waals surface area contributed by atoms with Crippen LogP contribution in [0.2, 0.25) is 0 Å². The number of hydrogen-bond donors (Lipinski definition) is 1. The Labute approximate surface area is 109 Å². The predicted molar refractivity (Wildman–Crippen MR) is 76.6 cm³/mol. The number of benzene rings is 2. The molecule has 1 atom stereocenters. The van der Waals surface area contributed by atoms with Crippen LogP contribution >= 0.6 is 0 Å². The van der Waals surface area contributed by atoms with Crippen molar-refractivity contribution in [2.75, 3.05) is 0 Å². The second kappa shape index (κ2) is 4.25. The molecule has 0 bridgehead atoms. The summed E-state index contributed by atoms with van der Waals surface area (Å²) in [6.07, 6.45) is 2.21. The lowest BCUT2D eigenvalue weighted by Crippen LogP contribution is -2.04. The minimum absolute atomic E-state index is 0.244. The first kappa shape index (κ1) is 11.5. The fourth-order valence-corrected chi connectivity index (χ4v) is 2.97. The highest BCUT2D eigenvalue weighted by Gasteiger charge is 2.18. The number of rotatable bonds is 1. The van der Waals surface area contributed by atoms with E-state index in [9.17, 15) is 0 Å². The van der Waals surface area contributed by atoms with E-state index in [0.717, 1.165) is 12.8 Å². The van der Waals surface area contributed by atoms with Crippen LogP contribution in [0.3, 0.4) is 0 Å². The maximum atomic E-state index is 6.08. The fraction of sp³-hybridized carbons (Fsp3) is 0.294. The summed E-state index contributed by atoms with van der Waals surface area (Å²) in [5.74, 6) is 0. The summed E-state index contributed by atoms with van der Waals surface area (Å²) in [6, 6.07) is 13.7. The van der Waals surface area contributed by atoms with Crippen LogP contribution in [0.4, 0.5) is 0 Å². The molecule has 0 fully saturated rings. The molecule has 2 N–H and O–H groups in total. The molecule has 1 aliphatic rings. The zero-order valence-corrected chi connectivity index (χ0v) is 11.0. The molecule has 1 nitrogen and oxygen atoms in total. The summed E-state index contributed by atoms with van der Waals surface area (Å²) >= 11 is 0. The largest absolute Gasteiger partial charge is 0.324 e. The van der Waals surface area contributed by atoms with Gasteiger partial charge in [-0.1, -0.05) is 47.5 Å². The van der Waals surface area contributed by atoms with Crippen molar-refractivity contribution < 1.29 is 0 Å².